The van der Waals surface area contributed by atoms with Gasteiger partial charge in [-0.25, -0.2) is 0 Å². The van der Waals surface area contributed by atoms with Gasteiger partial charge < -0.3 is 9.64 Å². The van der Waals surface area contributed by atoms with Crippen LogP contribution in [0.5, 0.6) is 5.75 Å². The largest absolute Gasteiger partial charge is 0.496 e. The van der Waals surface area contributed by atoms with Gasteiger partial charge in [-0.3, -0.25) is 0 Å². The predicted molar refractivity (Wildman–Crippen MR) is 73.6 cm³/mol. The first-order valence-corrected chi connectivity index (χ1v) is 6.38. The number of rotatable bonds is 7. The fourth-order valence-corrected chi connectivity index (χ4v) is 1.97. The van der Waals surface area contributed by atoms with Crippen molar-refractivity contribution in [3.63, 3.8) is 0 Å². The molecular formula is C15H22N2O. The molecule has 0 fully saturated rings. The summed E-state index contributed by atoms with van der Waals surface area (Å²) >= 11 is 0. The van der Waals surface area contributed by atoms with Gasteiger partial charge >= 0.3 is 0 Å². The first kappa shape index (κ1) is 14.5. The van der Waals surface area contributed by atoms with Crippen LogP contribution in [0.15, 0.2) is 24.3 Å². The highest BCUT2D eigenvalue weighted by atomic mass is 16.5. The van der Waals surface area contributed by atoms with E-state index in [4.69, 9.17) is 10.00 Å². The van der Waals surface area contributed by atoms with Gasteiger partial charge in [0.05, 0.1) is 13.2 Å². The molecule has 1 unspecified atom stereocenters. The summed E-state index contributed by atoms with van der Waals surface area (Å²) in [5, 5.41) is 8.54. The maximum absolute atomic E-state index is 8.54. The molecule has 0 aliphatic carbocycles. The second-order valence-corrected chi connectivity index (χ2v) is 4.61. The zero-order valence-corrected chi connectivity index (χ0v) is 11.5. The average Bonchev–Trinajstić information content (AvgIpc) is 2.39. The van der Waals surface area contributed by atoms with Crippen LogP contribution >= 0.6 is 0 Å². The van der Waals surface area contributed by atoms with Gasteiger partial charge in [0.25, 0.3) is 0 Å². The van der Waals surface area contributed by atoms with Gasteiger partial charge in [0.2, 0.25) is 0 Å². The summed E-state index contributed by atoms with van der Waals surface area (Å²) in [6.45, 7) is 3.17. The van der Waals surface area contributed by atoms with E-state index in [1.807, 2.05) is 18.2 Å². The highest BCUT2D eigenvalue weighted by Gasteiger charge is 2.12. The van der Waals surface area contributed by atoms with Crippen LogP contribution in [0, 0.1) is 11.3 Å². The molecular weight excluding hydrogens is 224 g/mol. The number of nitriles is 1. The van der Waals surface area contributed by atoms with Gasteiger partial charge in [-0.2, -0.15) is 5.26 Å². The van der Waals surface area contributed by atoms with Crippen LogP contribution in [0.1, 0.15) is 25.3 Å². The Bertz CT molecular complexity index is 398. The number of hydrogen-bond acceptors (Lipinski definition) is 3. The van der Waals surface area contributed by atoms with Crippen molar-refractivity contribution in [2.75, 3.05) is 20.7 Å². The first-order chi connectivity index (χ1) is 8.69. The summed E-state index contributed by atoms with van der Waals surface area (Å²) in [7, 11) is 3.82. The Labute approximate surface area is 110 Å². The number of methoxy groups -OCH3 is 1. The fourth-order valence-electron chi connectivity index (χ4n) is 1.97. The normalized spacial score (nSPS) is 12.2. The summed E-state index contributed by atoms with van der Waals surface area (Å²) in [6, 6.07) is 10.8. The molecule has 98 valence electrons. The summed E-state index contributed by atoms with van der Waals surface area (Å²) in [5.74, 6) is 0.953. The van der Waals surface area contributed by atoms with Crippen LogP contribution in [0.2, 0.25) is 0 Å². The number of para-hydroxylation sites is 1. The van der Waals surface area contributed by atoms with Crippen molar-refractivity contribution in [1.82, 2.24) is 4.90 Å². The molecule has 3 nitrogen and oxygen atoms in total. The minimum atomic E-state index is 0.444. The number of ether oxygens (including phenoxy) is 1. The lowest BCUT2D eigenvalue weighted by atomic mass is 10.0. The molecule has 0 aromatic heterocycles. The molecule has 0 N–H and O–H groups in total. The summed E-state index contributed by atoms with van der Waals surface area (Å²) in [6.07, 6.45) is 2.53. The molecule has 0 spiro atoms. The van der Waals surface area contributed by atoms with Gasteiger partial charge in [-0.1, -0.05) is 18.2 Å². The van der Waals surface area contributed by atoms with Crippen molar-refractivity contribution >= 4 is 0 Å². The third kappa shape index (κ3) is 4.38. The zero-order valence-electron chi connectivity index (χ0n) is 11.5. The Kier molecular flexibility index (Phi) is 6.24. The van der Waals surface area contributed by atoms with Gasteiger partial charge in [0, 0.05) is 12.5 Å². The SMILES string of the molecule is COc1ccccc1CC(C)N(C)CCCC#N. The predicted octanol–water partition coefficient (Wildman–Crippen LogP) is 2.86. The standard InChI is InChI=1S/C15H22N2O/c1-13(17(2)11-7-6-10-16)12-14-8-4-5-9-15(14)18-3/h4-5,8-9,13H,6-7,11-12H2,1-3H3. The zero-order chi connectivity index (χ0) is 13.4. The maximum atomic E-state index is 8.54. The highest BCUT2D eigenvalue weighted by Crippen LogP contribution is 2.20. The maximum Gasteiger partial charge on any atom is 0.122 e. The minimum Gasteiger partial charge on any atom is -0.496 e. The number of benzene rings is 1. The summed E-state index contributed by atoms with van der Waals surface area (Å²) in [5.41, 5.74) is 1.24. The molecule has 18 heavy (non-hydrogen) atoms. The van der Waals surface area contributed by atoms with Crippen LogP contribution in [0.25, 0.3) is 0 Å². The van der Waals surface area contributed by atoms with Crippen molar-refractivity contribution in [2.24, 2.45) is 0 Å². The van der Waals surface area contributed by atoms with Crippen molar-refractivity contribution < 1.29 is 4.74 Å². The smallest absolute Gasteiger partial charge is 0.122 e. The lowest BCUT2D eigenvalue weighted by molar-refractivity contribution is 0.252. The van der Waals surface area contributed by atoms with Crippen molar-refractivity contribution in [3.8, 4) is 11.8 Å². The Balaban J connectivity index is 2.53. The van der Waals surface area contributed by atoms with Gasteiger partial charge in [-0.15, -0.1) is 0 Å². The number of unbranched alkanes of at least 4 members (excludes halogenated alkanes) is 1. The molecule has 0 aliphatic heterocycles. The Morgan fingerprint density at radius 3 is 2.78 bits per heavy atom. The molecule has 1 rings (SSSR count). The lowest BCUT2D eigenvalue weighted by Crippen LogP contribution is -2.31. The van der Waals surface area contributed by atoms with Crippen molar-refractivity contribution in [1.29, 1.82) is 5.26 Å². The number of likely N-dealkylation sites (N-methyl/N-ethyl adjacent to an activating group) is 1. The van der Waals surface area contributed by atoms with Crippen LogP contribution in [-0.4, -0.2) is 31.6 Å². The van der Waals surface area contributed by atoms with E-state index >= 15 is 0 Å². The average molecular weight is 246 g/mol. The first-order valence-electron chi connectivity index (χ1n) is 6.38. The summed E-state index contributed by atoms with van der Waals surface area (Å²) in [4.78, 5) is 2.30. The van der Waals surface area contributed by atoms with Crippen molar-refractivity contribution in [3.05, 3.63) is 29.8 Å². The number of nitrogens with zero attached hydrogens (tertiary/aromatic N) is 2. The second-order valence-electron chi connectivity index (χ2n) is 4.61. The number of hydrogen-bond donors (Lipinski definition) is 0. The molecule has 0 aliphatic rings. The van der Waals surface area contributed by atoms with E-state index in [-0.39, 0.29) is 0 Å². The minimum absolute atomic E-state index is 0.444. The van der Waals surface area contributed by atoms with Gasteiger partial charge in [0.15, 0.2) is 0 Å². The highest BCUT2D eigenvalue weighted by molar-refractivity contribution is 5.33. The molecule has 1 aromatic carbocycles. The Hall–Kier alpha value is -1.53. The third-order valence-electron chi connectivity index (χ3n) is 3.26. The van der Waals surface area contributed by atoms with E-state index in [0.717, 1.165) is 25.1 Å². The lowest BCUT2D eigenvalue weighted by Gasteiger charge is -2.25. The summed E-state index contributed by atoms with van der Waals surface area (Å²) < 4.78 is 5.36. The van der Waals surface area contributed by atoms with E-state index in [1.165, 1.54) is 5.56 Å². The van der Waals surface area contributed by atoms with E-state index in [2.05, 4.69) is 31.0 Å². The second kappa shape index (κ2) is 7.73. The van der Waals surface area contributed by atoms with E-state index in [9.17, 15) is 0 Å². The molecule has 3 heteroatoms. The Morgan fingerprint density at radius 1 is 1.39 bits per heavy atom. The van der Waals surface area contributed by atoms with E-state index in [1.54, 1.807) is 7.11 Å². The van der Waals surface area contributed by atoms with Crippen LogP contribution in [0.3, 0.4) is 0 Å². The molecule has 0 saturated heterocycles. The topological polar surface area (TPSA) is 36.3 Å². The third-order valence-corrected chi connectivity index (χ3v) is 3.26. The molecule has 0 heterocycles. The van der Waals surface area contributed by atoms with Gasteiger partial charge in [0.1, 0.15) is 5.75 Å². The van der Waals surface area contributed by atoms with Gasteiger partial charge in [-0.05, 0) is 45.0 Å². The molecule has 0 amide bonds. The molecule has 1 aromatic rings. The van der Waals surface area contributed by atoms with Crippen molar-refractivity contribution in [2.45, 2.75) is 32.2 Å². The van der Waals surface area contributed by atoms with Crippen LogP contribution < -0.4 is 4.74 Å². The molecule has 1 atom stereocenters. The fraction of sp³-hybridized carbons (Fsp3) is 0.533. The molecule has 0 saturated carbocycles. The Morgan fingerprint density at radius 2 is 2.11 bits per heavy atom. The molecule has 0 bridgehead atoms. The van der Waals surface area contributed by atoms with Crippen LogP contribution in [-0.2, 0) is 6.42 Å². The molecule has 0 radical (unpaired) electrons. The van der Waals surface area contributed by atoms with E-state index < -0.39 is 0 Å². The quantitative estimate of drug-likeness (QED) is 0.694. The van der Waals surface area contributed by atoms with Crippen LogP contribution in [0.4, 0.5) is 0 Å². The van der Waals surface area contributed by atoms with E-state index in [0.29, 0.717) is 12.5 Å². The monoisotopic (exact) mass is 246 g/mol.